The van der Waals surface area contributed by atoms with Crippen LogP contribution in [0.4, 0.5) is 0 Å². The highest BCUT2D eigenvalue weighted by Crippen LogP contribution is 2.16. The first kappa shape index (κ1) is 18.4. The number of fused-ring (bicyclic) bond motifs is 2. The molecule has 4 rings (SSSR count). The molecule has 0 aliphatic rings. The van der Waals surface area contributed by atoms with Crippen molar-refractivity contribution in [1.82, 2.24) is 35.4 Å². The summed E-state index contributed by atoms with van der Waals surface area (Å²) < 4.78 is 6.16. The molecule has 3 heterocycles. The number of carbonyl (C=O) groups excluding carboxylic acids is 1. The average molecular weight is 391 g/mol. The molecule has 0 unspecified atom stereocenters. The Bertz CT molecular complexity index is 1200. The molecule has 0 amide bonds. The summed E-state index contributed by atoms with van der Waals surface area (Å²) in [5, 5.41) is 9.25. The molecule has 0 aliphatic carbocycles. The number of pyridine rings is 1. The van der Waals surface area contributed by atoms with Crippen LogP contribution in [0.3, 0.4) is 0 Å². The van der Waals surface area contributed by atoms with Crippen molar-refractivity contribution in [2.75, 3.05) is 13.7 Å². The molecule has 0 spiro atoms. The van der Waals surface area contributed by atoms with Crippen LogP contribution in [-0.4, -0.2) is 49.6 Å². The molecule has 4 aromatic rings. The van der Waals surface area contributed by atoms with Crippen LogP contribution >= 0.6 is 0 Å². The van der Waals surface area contributed by atoms with Gasteiger partial charge in [0.15, 0.2) is 12.3 Å². The highest BCUT2D eigenvalue weighted by Gasteiger charge is 2.12. The third kappa shape index (κ3) is 4.01. The van der Waals surface area contributed by atoms with Crippen LogP contribution in [0.5, 0.6) is 0 Å². The number of nitrogens with one attached hydrogen (secondary N) is 1. The van der Waals surface area contributed by atoms with Gasteiger partial charge in [0.2, 0.25) is 5.65 Å². The largest absolute Gasteiger partial charge is 0.467 e. The van der Waals surface area contributed by atoms with Crippen molar-refractivity contribution < 1.29 is 14.4 Å². The topological polar surface area (TPSA) is 117 Å². The number of esters is 1. The van der Waals surface area contributed by atoms with Gasteiger partial charge in [-0.15, -0.1) is 5.10 Å². The molecule has 1 aromatic carbocycles. The Morgan fingerprint density at radius 3 is 3.03 bits per heavy atom. The highest BCUT2D eigenvalue weighted by molar-refractivity contribution is 5.79. The fraction of sp³-hybridized carbons (Fsp3) is 0.158. The van der Waals surface area contributed by atoms with Crippen LogP contribution in [0.15, 0.2) is 49.3 Å². The van der Waals surface area contributed by atoms with Crippen molar-refractivity contribution in [2.24, 2.45) is 0 Å². The number of hydroxylamine groups is 1. The minimum atomic E-state index is -0.514. The van der Waals surface area contributed by atoms with E-state index in [1.165, 1.54) is 13.3 Å². The zero-order chi connectivity index (χ0) is 20.2. The molecule has 146 valence electrons. The molecule has 0 aliphatic heterocycles. The van der Waals surface area contributed by atoms with Crippen molar-refractivity contribution in [1.29, 1.82) is 0 Å². The standard InChI is InChI=1S/C19H17N7O3/c1-12(24-29-11-17(27)28-2)16-9-21-18-19(22-16)26(25-23-18)10-13-5-6-15-14(8-13)4-3-7-20-15/h3-9,24H,1,10-11H2,2H3. The molecular weight excluding hydrogens is 374 g/mol. The Balaban J connectivity index is 1.54. The van der Waals surface area contributed by atoms with Gasteiger partial charge in [-0.2, -0.15) is 0 Å². The normalized spacial score (nSPS) is 10.9. The molecule has 1 N–H and O–H groups in total. The first-order chi connectivity index (χ1) is 14.1. The number of aromatic nitrogens is 6. The van der Waals surface area contributed by atoms with E-state index in [2.05, 4.69) is 42.1 Å². The van der Waals surface area contributed by atoms with E-state index in [9.17, 15) is 4.79 Å². The van der Waals surface area contributed by atoms with Crippen LogP contribution in [0, 0.1) is 0 Å². The number of hydrogen-bond donors (Lipinski definition) is 1. The monoisotopic (exact) mass is 391 g/mol. The fourth-order valence-corrected chi connectivity index (χ4v) is 2.70. The van der Waals surface area contributed by atoms with Crippen molar-refractivity contribution in [3.05, 3.63) is 60.6 Å². The van der Waals surface area contributed by atoms with Gasteiger partial charge in [0.1, 0.15) is 5.69 Å². The molecular formula is C19H17N7O3. The predicted molar refractivity (Wildman–Crippen MR) is 104 cm³/mol. The molecule has 0 saturated carbocycles. The van der Waals surface area contributed by atoms with Gasteiger partial charge in [0.25, 0.3) is 0 Å². The lowest BCUT2D eigenvalue weighted by atomic mass is 10.1. The van der Waals surface area contributed by atoms with Crippen LogP contribution in [0.25, 0.3) is 27.9 Å². The van der Waals surface area contributed by atoms with Crippen LogP contribution < -0.4 is 5.48 Å². The Morgan fingerprint density at radius 2 is 2.17 bits per heavy atom. The van der Waals surface area contributed by atoms with Gasteiger partial charge in [0, 0.05) is 11.6 Å². The molecule has 3 aromatic heterocycles. The van der Waals surface area contributed by atoms with Crippen molar-refractivity contribution in [3.8, 4) is 0 Å². The molecule has 0 atom stereocenters. The molecule has 10 nitrogen and oxygen atoms in total. The van der Waals surface area contributed by atoms with Gasteiger partial charge in [-0.25, -0.2) is 19.4 Å². The van der Waals surface area contributed by atoms with Crippen LogP contribution in [0.1, 0.15) is 11.3 Å². The van der Waals surface area contributed by atoms with E-state index in [-0.39, 0.29) is 6.61 Å². The first-order valence-corrected chi connectivity index (χ1v) is 8.68. The van der Waals surface area contributed by atoms with E-state index >= 15 is 0 Å². The quantitative estimate of drug-likeness (QED) is 0.369. The number of carbonyl (C=O) groups is 1. The molecule has 0 fully saturated rings. The molecule has 0 bridgehead atoms. The SMILES string of the molecule is C=C(NOCC(=O)OC)c1cnc2nnn(Cc3ccc4ncccc4c3)c2n1. The summed E-state index contributed by atoms with van der Waals surface area (Å²) in [5.41, 5.74) is 6.21. The average Bonchev–Trinajstić information content (AvgIpc) is 3.15. The Kier molecular flexibility index (Phi) is 5.08. The number of ether oxygens (including phenoxy) is 1. The summed E-state index contributed by atoms with van der Waals surface area (Å²) in [5.74, 6) is -0.514. The summed E-state index contributed by atoms with van der Waals surface area (Å²) >= 11 is 0. The molecule has 29 heavy (non-hydrogen) atoms. The number of methoxy groups -OCH3 is 1. The second-order valence-corrected chi connectivity index (χ2v) is 6.13. The third-order valence-corrected chi connectivity index (χ3v) is 4.15. The van der Waals surface area contributed by atoms with Gasteiger partial charge < -0.3 is 4.74 Å². The van der Waals surface area contributed by atoms with Gasteiger partial charge in [-0.3, -0.25) is 15.3 Å². The lowest BCUT2D eigenvalue weighted by Crippen LogP contribution is -2.20. The van der Waals surface area contributed by atoms with Gasteiger partial charge in [-0.05, 0) is 23.8 Å². The van der Waals surface area contributed by atoms with Gasteiger partial charge in [-0.1, -0.05) is 23.9 Å². The summed E-state index contributed by atoms with van der Waals surface area (Å²) in [6, 6.07) is 9.91. The van der Waals surface area contributed by atoms with Gasteiger partial charge >= 0.3 is 5.97 Å². The van der Waals surface area contributed by atoms with Crippen molar-refractivity contribution >= 4 is 33.9 Å². The van der Waals surface area contributed by atoms with E-state index in [1.54, 1.807) is 10.9 Å². The van der Waals surface area contributed by atoms with E-state index in [0.29, 0.717) is 29.2 Å². The number of hydrogen-bond acceptors (Lipinski definition) is 9. The Hall–Kier alpha value is -3.92. The lowest BCUT2D eigenvalue weighted by Gasteiger charge is -2.08. The molecule has 0 radical (unpaired) electrons. The smallest absolute Gasteiger partial charge is 0.334 e. The first-order valence-electron chi connectivity index (χ1n) is 8.68. The van der Waals surface area contributed by atoms with Gasteiger partial charge in [0.05, 0.1) is 31.1 Å². The number of nitrogens with zero attached hydrogens (tertiary/aromatic N) is 6. The third-order valence-electron chi connectivity index (χ3n) is 4.15. The maximum absolute atomic E-state index is 11.1. The fourth-order valence-electron chi connectivity index (χ4n) is 2.70. The summed E-state index contributed by atoms with van der Waals surface area (Å²) in [6.07, 6.45) is 3.26. The van der Waals surface area contributed by atoms with Crippen molar-refractivity contribution in [3.63, 3.8) is 0 Å². The summed E-state index contributed by atoms with van der Waals surface area (Å²) in [4.78, 5) is 29.2. The second-order valence-electron chi connectivity index (χ2n) is 6.13. The van der Waals surface area contributed by atoms with E-state index < -0.39 is 5.97 Å². The minimum Gasteiger partial charge on any atom is -0.467 e. The number of benzene rings is 1. The Labute approximate surface area is 165 Å². The lowest BCUT2D eigenvalue weighted by molar-refractivity contribution is -0.147. The van der Waals surface area contributed by atoms with Crippen molar-refractivity contribution in [2.45, 2.75) is 6.54 Å². The van der Waals surface area contributed by atoms with Crippen LogP contribution in [0.2, 0.25) is 0 Å². The molecule has 0 saturated heterocycles. The van der Waals surface area contributed by atoms with E-state index in [4.69, 9.17) is 4.84 Å². The molecule has 10 heteroatoms. The zero-order valence-electron chi connectivity index (χ0n) is 15.6. The van der Waals surface area contributed by atoms with Crippen LogP contribution in [-0.2, 0) is 20.9 Å². The van der Waals surface area contributed by atoms with E-state index in [1.807, 2.05) is 30.3 Å². The maximum atomic E-state index is 11.1. The summed E-state index contributed by atoms with van der Waals surface area (Å²) in [7, 11) is 1.28. The minimum absolute atomic E-state index is 0.262. The predicted octanol–water partition coefficient (Wildman–Crippen LogP) is 1.48. The maximum Gasteiger partial charge on any atom is 0.334 e. The highest BCUT2D eigenvalue weighted by atomic mass is 16.7. The Morgan fingerprint density at radius 1 is 1.28 bits per heavy atom. The van der Waals surface area contributed by atoms with E-state index in [0.717, 1.165) is 16.5 Å². The summed E-state index contributed by atoms with van der Waals surface area (Å²) in [6.45, 7) is 4.05. The second kappa shape index (κ2) is 7.98. The zero-order valence-corrected chi connectivity index (χ0v) is 15.6. The number of rotatable bonds is 7.